The molecule has 0 aliphatic heterocycles. The molecule has 5 nitrogen and oxygen atoms in total. The number of rotatable bonds is 4. The minimum absolute atomic E-state index is 0.0744. The monoisotopic (exact) mass is 434 g/mol. The first-order valence-corrected chi connectivity index (χ1v) is 8.06. The highest BCUT2D eigenvalue weighted by Gasteiger charge is 2.27. The second kappa shape index (κ2) is 7.70. The second-order valence-corrected chi connectivity index (χ2v) is 6.05. The molecule has 1 heterocycles. The Morgan fingerprint density at radius 1 is 1.03 bits per heavy atom. The van der Waals surface area contributed by atoms with Crippen LogP contribution in [0.5, 0.6) is 11.5 Å². The first-order valence-electron chi connectivity index (χ1n) is 7.69. The molecule has 11 heteroatoms. The molecule has 0 aliphatic carbocycles. The topological polar surface area (TPSA) is 65.7 Å². The van der Waals surface area contributed by atoms with Crippen molar-refractivity contribution in [3.63, 3.8) is 0 Å². The number of hydrogen-bond donors (Lipinski definition) is 0. The number of hydrogen-bond acceptors (Lipinski definition) is 5. The van der Waals surface area contributed by atoms with Gasteiger partial charge >= 0.3 is 5.97 Å². The van der Waals surface area contributed by atoms with Gasteiger partial charge in [-0.1, -0.05) is 11.6 Å². The van der Waals surface area contributed by atoms with Crippen LogP contribution in [0.1, 0.15) is 5.56 Å². The average molecular weight is 435 g/mol. The van der Waals surface area contributed by atoms with E-state index in [0.717, 1.165) is 6.26 Å². The number of esters is 1. The third-order valence-electron chi connectivity index (χ3n) is 3.83. The second-order valence-electron chi connectivity index (χ2n) is 5.64. The van der Waals surface area contributed by atoms with Gasteiger partial charge in [-0.05, 0) is 19.1 Å². The molecule has 0 bridgehead atoms. The number of carbonyl (C=O) groups is 1. The Morgan fingerprint density at radius 3 is 2.24 bits per heavy atom. The lowest BCUT2D eigenvalue weighted by Gasteiger charge is -2.11. The smallest absolute Gasteiger partial charge is 0.349 e. The fourth-order valence-electron chi connectivity index (χ4n) is 2.40. The third-order valence-corrected chi connectivity index (χ3v) is 4.09. The molecule has 3 aromatic rings. The minimum Gasteiger partial charge on any atom is -0.476 e. The molecule has 0 fully saturated rings. The summed E-state index contributed by atoms with van der Waals surface area (Å²) in [5.41, 5.74) is -0.213. The van der Waals surface area contributed by atoms with Crippen LogP contribution < -0.4 is 14.9 Å². The van der Waals surface area contributed by atoms with Crippen LogP contribution in [0.3, 0.4) is 0 Å². The summed E-state index contributed by atoms with van der Waals surface area (Å²) in [6.07, 6.45) is 0.997. The highest BCUT2D eigenvalue weighted by molar-refractivity contribution is 6.30. The van der Waals surface area contributed by atoms with Crippen LogP contribution in [0.2, 0.25) is 5.02 Å². The molecular formula is C18H8ClF5O5. The molecule has 1 aromatic heterocycles. The van der Waals surface area contributed by atoms with E-state index >= 15 is 0 Å². The molecular weight excluding hydrogens is 427 g/mol. The Balaban J connectivity index is 1.82. The molecule has 0 unspecified atom stereocenters. The van der Waals surface area contributed by atoms with Gasteiger partial charge in [0.1, 0.15) is 22.6 Å². The number of aryl methyl sites for hydroxylation is 1. The minimum atomic E-state index is -2.36. The van der Waals surface area contributed by atoms with Crippen molar-refractivity contribution in [3.05, 3.63) is 68.3 Å². The molecule has 0 saturated heterocycles. The maximum atomic E-state index is 13.5. The van der Waals surface area contributed by atoms with E-state index in [4.69, 9.17) is 20.8 Å². The molecule has 2 aromatic carbocycles. The average Bonchev–Trinajstić information content (AvgIpc) is 2.69. The predicted molar refractivity (Wildman–Crippen MR) is 89.6 cm³/mol. The van der Waals surface area contributed by atoms with Gasteiger partial charge in [0.15, 0.2) is 12.4 Å². The molecule has 29 heavy (non-hydrogen) atoms. The van der Waals surface area contributed by atoms with Gasteiger partial charge < -0.3 is 13.9 Å². The molecule has 0 amide bonds. The normalized spacial score (nSPS) is 11.0. The molecule has 152 valence electrons. The summed E-state index contributed by atoms with van der Waals surface area (Å²) in [6.45, 7) is 0.285. The van der Waals surface area contributed by atoms with Crippen LogP contribution in [0.4, 0.5) is 22.0 Å². The van der Waals surface area contributed by atoms with E-state index in [1.54, 1.807) is 0 Å². The summed E-state index contributed by atoms with van der Waals surface area (Å²) in [5.74, 6) is -14.2. The van der Waals surface area contributed by atoms with Crippen LogP contribution >= 0.6 is 11.6 Å². The quantitative estimate of drug-likeness (QED) is 0.200. The Labute approximate surface area is 163 Å². The van der Waals surface area contributed by atoms with Gasteiger partial charge in [-0.25, -0.2) is 18.0 Å². The summed E-state index contributed by atoms with van der Waals surface area (Å²) < 4.78 is 80.9. The van der Waals surface area contributed by atoms with Crippen molar-refractivity contribution in [1.82, 2.24) is 0 Å². The van der Waals surface area contributed by atoms with E-state index < -0.39 is 52.8 Å². The van der Waals surface area contributed by atoms with Crippen molar-refractivity contribution >= 4 is 28.5 Å². The van der Waals surface area contributed by atoms with Gasteiger partial charge in [0.05, 0.1) is 5.39 Å². The lowest BCUT2D eigenvalue weighted by Crippen LogP contribution is -2.20. The zero-order chi connectivity index (χ0) is 21.5. The summed E-state index contributed by atoms with van der Waals surface area (Å²) in [4.78, 5) is 23.8. The van der Waals surface area contributed by atoms with E-state index in [1.165, 1.54) is 19.1 Å². The van der Waals surface area contributed by atoms with E-state index in [1.807, 2.05) is 0 Å². The Bertz CT molecular complexity index is 1180. The maximum Gasteiger partial charge on any atom is 0.349 e. The lowest BCUT2D eigenvalue weighted by atomic mass is 10.1. The fraction of sp³-hybridized carbons (Fsp3) is 0.111. The van der Waals surface area contributed by atoms with Gasteiger partial charge in [-0.3, -0.25) is 4.79 Å². The van der Waals surface area contributed by atoms with Gasteiger partial charge in [-0.15, -0.1) is 0 Å². The van der Waals surface area contributed by atoms with Gasteiger partial charge in [0.2, 0.25) is 34.5 Å². The van der Waals surface area contributed by atoms with Crippen molar-refractivity contribution in [2.24, 2.45) is 0 Å². The summed E-state index contributed by atoms with van der Waals surface area (Å²) >= 11 is 5.67. The van der Waals surface area contributed by atoms with Crippen molar-refractivity contribution in [2.45, 2.75) is 6.92 Å². The van der Waals surface area contributed by atoms with Crippen LogP contribution in [-0.2, 0) is 4.79 Å². The zero-order valence-electron chi connectivity index (χ0n) is 14.2. The molecule has 3 rings (SSSR count). The van der Waals surface area contributed by atoms with E-state index in [9.17, 15) is 31.5 Å². The van der Waals surface area contributed by atoms with Crippen molar-refractivity contribution in [2.75, 3.05) is 6.61 Å². The SMILES string of the molecule is Cc1c(OC(=O)COc2c(F)c(F)c(F)c(F)c2F)ccc2c(=O)c(Cl)coc12. The standard InChI is InChI=1S/C18H8ClF5O5/c1-6-9(3-2-7-16(26)8(19)4-27-17(6)7)29-10(25)5-28-18-14(23)12(21)11(20)13(22)15(18)24/h2-4H,5H2,1H3. The zero-order valence-corrected chi connectivity index (χ0v) is 15.0. The first kappa shape index (κ1) is 20.6. The van der Waals surface area contributed by atoms with Crippen LogP contribution in [0.25, 0.3) is 11.0 Å². The van der Waals surface area contributed by atoms with Crippen LogP contribution in [0.15, 0.2) is 27.6 Å². The molecule has 0 radical (unpaired) electrons. The van der Waals surface area contributed by atoms with Crippen LogP contribution in [-0.4, -0.2) is 12.6 Å². The Morgan fingerprint density at radius 2 is 1.62 bits per heavy atom. The fourth-order valence-corrected chi connectivity index (χ4v) is 2.55. The molecule has 0 atom stereocenters. The number of benzene rings is 2. The largest absolute Gasteiger partial charge is 0.476 e. The molecule has 0 aliphatic rings. The third kappa shape index (κ3) is 3.63. The molecule has 0 saturated carbocycles. The molecule has 0 spiro atoms. The molecule has 0 N–H and O–H groups in total. The highest BCUT2D eigenvalue weighted by Crippen LogP contribution is 2.30. The number of carbonyl (C=O) groups excluding carboxylic acids is 1. The van der Waals surface area contributed by atoms with Gasteiger partial charge in [-0.2, -0.15) is 8.78 Å². The number of halogens is 6. The van der Waals surface area contributed by atoms with Gasteiger partial charge in [0, 0.05) is 5.56 Å². The first-order chi connectivity index (χ1) is 13.6. The van der Waals surface area contributed by atoms with Gasteiger partial charge in [0.25, 0.3) is 0 Å². The number of fused-ring (bicyclic) bond motifs is 1. The summed E-state index contributed by atoms with van der Waals surface area (Å²) in [6, 6.07) is 2.51. The van der Waals surface area contributed by atoms with E-state index in [-0.39, 0.29) is 27.3 Å². The van der Waals surface area contributed by atoms with Crippen molar-refractivity contribution in [1.29, 1.82) is 0 Å². The summed E-state index contributed by atoms with van der Waals surface area (Å²) in [7, 11) is 0. The Kier molecular flexibility index (Phi) is 5.47. The Hall–Kier alpha value is -3.14. The van der Waals surface area contributed by atoms with Crippen molar-refractivity contribution in [3.8, 4) is 11.5 Å². The maximum absolute atomic E-state index is 13.5. The lowest BCUT2D eigenvalue weighted by molar-refractivity contribution is -0.136. The van der Waals surface area contributed by atoms with Crippen LogP contribution in [0, 0.1) is 36.0 Å². The highest BCUT2D eigenvalue weighted by atomic mass is 35.5. The van der Waals surface area contributed by atoms with Crippen molar-refractivity contribution < 1.29 is 40.6 Å². The summed E-state index contributed by atoms with van der Waals surface area (Å²) in [5, 5.41) is -0.0367. The van der Waals surface area contributed by atoms with E-state index in [2.05, 4.69) is 4.74 Å². The van der Waals surface area contributed by atoms with E-state index in [0.29, 0.717) is 0 Å². The number of ether oxygens (including phenoxy) is 2. The predicted octanol–water partition coefficient (Wildman–Crippen LogP) is 4.43.